The molecule has 0 fully saturated rings. The van der Waals surface area contributed by atoms with Crippen molar-refractivity contribution in [3.05, 3.63) is 59.6 Å². The standard InChI is InChI=1S/C15H15ClFN3O3S2.C11H11N5O6S2.C3H8NO5P/c1-23-13(21)8-24-12-7-11(10(17)6-9(12)16)18-14-19-4-2-3-5-20(19)15(22)25-14;1-5-12-9(15-11(13-5)22-2)14-10(19)16-24(20,21)6-3-4-23-7(6)8(17)18;5-3(6)1-4-2-10(7,8)9/h6-7H,2-5,8H2,1H3;3-4H,1-2H3,(H,17,18)(H2,12,13,14,15,16,19);4H,1-2H2,(H,5,6)(H2,7,8,9). The highest BCUT2D eigenvalue weighted by atomic mass is 35.5. The summed E-state index contributed by atoms with van der Waals surface area (Å²) in [6.07, 6.45) is 1.30. The lowest BCUT2D eigenvalue weighted by Crippen LogP contribution is -2.35. The van der Waals surface area contributed by atoms with Crippen molar-refractivity contribution < 1.29 is 66.0 Å². The van der Waals surface area contributed by atoms with Gasteiger partial charge < -0.3 is 29.5 Å². The van der Waals surface area contributed by atoms with E-state index in [1.807, 2.05) is 0 Å². The van der Waals surface area contributed by atoms with Crippen LogP contribution in [-0.2, 0) is 42.0 Å². The van der Waals surface area contributed by atoms with Gasteiger partial charge in [-0.2, -0.15) is 15.0 Å². The van der Waals surface area contributed by atoms with Crippen LogP contribution in [-0.4, -0.2) is 109 Å². The lowest BCUT2D eigenvalue weighted by molar-refractivity contribution is -0.137. The van der Waals surface area contributed by atoms with Crippen LogP contribution in [0.25, 0.3) is 0 Å². The number of methoxy groups -OCH3 is 2. The third-order valence-electron chi connectivity index (χ3n) is 6.75. The number of aliphatic carboxylic acids is 1. The van der Waals surface area contributed by atoms with Crippen molar-refractivity contribution in [2.75, 3.05) is 38.1 Å². The normalized spacial score (nSPS) is 12.5. The van der Waals surface area contributed by atoms with Crippen molar-refractivity contribution in [2.45, 2.75) is 42.6 Å². The highest BCUT2D eigenvalue weighted by molar-refractivity contribution is 8.00. The first-order valence-electron chi connectivity index (χ1n) is 16.1. The number of thiophene rings is 1. The van der Waals surface area contributed by atoms with Gasteiger partial charge in [-0.15, -0.1) is 23.1 Å². The Bertz CT molecular complexity index is 2470. The molecule has 0 saturated heterocycles. The first kappa shape index (κ1) is 48.6. The fourth-order valence-corrected chi connectivity index (χ4v) is 8.87. The van der Waals surface area contributed by atoms with Gasteiger partial charge in [0.05, 0.1) is 37.8 Å². The van der Waals surface area contributed by atoms with Crippen LogP contribution in [0.15, 0.2) is 43.2 Å². The molecule has 4 aromatic rings. The first-order valence-corrected chi connectivity index (χ1v) is 22.4. The van der Waals surface area contributed by atoms with Gasteiger partial charge in [0, 0.05) is 18.0 Å². The van der Waals surface area contributed by atoms with Crippen LogP contribution in [0.2, 0.25) is 5.02 Å². The number of anilines is 1. The summed E-state index contributed by atoms with van der Waals surface area (Å²) < 4.78 is 63.0. The van der Waals surface area contributed by atoms with E-state index in [0.717, 1.165) is 59.4 Å². The van der Waals surface area contributed by atoms with E-state index < -0.39 is 70.0 Å². The second-order valence-corrected chi connectivity index (χ2v) is 17.7. The Balaban J connectivity index is 0.000000258. The molecular formula is C29H34ClFN9O14PS4. The highest BCUT2D eigenvalue weighted by Crippen LogP contribution is 2.33. The maximum Gasteiger partial charge on any atom is 0.347 e. The molecule has 0 radical (unpaired) electrons. The van der Waals surface area contributed by atoms with E-state index in [0.29, 0.717) is 22.8 Å². The van der Waals surface area contributed by atoms with Crippen molar-refractivity contribution in [2.24, 2.45) is 4.99 Å². The number of rotatable bonds is 13. The third-order valence-corrected chi connectivity index (χ3v) is 12.1. The van der Waals surface area contributed by atoms with Crippen LogP contribution in [0.5, 0.6) is 6.01 Å². The number of aromatic carboxylic acids is 1. The molecule has 0 spiro atoms. The van der Waals surface area contributed by atoms with Crippen molar-refractivity contribution in [1.82, 2.24) is 34.4 Å². The molecule has 30 heteroatoms. The number of ether oxygens (including phenoxy) is 2. The average molecular weight is 946 g/mol. The van der Waals surface area contributed by atoms with E-state index in [4.69, 9.17) is 36.3 Å². The molecule has 0 bridgehead atoms. The average Bonchev–Trinajstić information content (AvgIpc) is 3.77. The SMILES string of the molecule is COC(=O)CSc1cc(N=c2sc(=O)n3n2CCCC3)c(F)cc1Cl.COc1nc(C)nc(NC(=O)NS(=O)(=O)c2ccsc2C(=O)O)n1.O=C(O)CNCP(=O)(O)O. The molecule has 59 heavy (non-hydrogen) atoms. The highest BCUT2D eigenvalue weighted by Gasteiger charge is 2.26. The fraction of sp³-hybridized carbons (Fsp3) is 0.345. The summed E-state index contributed by atoms with van der Waals surface area (Å²) in [5, 5.41) is 22.6. The molecule has 5 rings (SSSR count). The maximum atomic E-state index is 14.3. The number of hydrogen-bond donors (Lipinski definition) is 7. The number of carboxylic acids is 2. The number of amides is 2. The molecule has 0 aliphatic carbocycles. The number of hydrogen-bond acceptors (Lipinski definition) is 18. The Labute approximate surface area is 349 Å². The Morgan fingerprint density at radius 2 is 1.78 bits per heavy atom. The van der Waals surface area contributed by atoms with Gasteiger partial charge >= 0.3 is 42.4 Å². The van der Waals surface area contributed by atoms with Gasteiger partial charge in [0.15, 0.2) is 0 Å². The van der Waals surface area contributed by atoms with Gasteiger partial charge in [0.25, 0.3) is 10.0 Å². The van der Waals surface area contributed by atoms with Gasteiger partial charge in [-0.05, 0) is 54.7 Å². The number of sulfonamides is 1. The number of urea groups is 1. The largest absolute Gasteiger partial charge is 0.480 e. The number of aromatic nitrogens is 5. The van der Waals surface area contributed by atoms with E-state index >= 15 is 0 Å². The molecule has 1 aliphatic heterocycles. The minimum absolute atomic E-state index is 0.0605. The number of nitrogens with one attached hydrogen (secondary N) is 3. The van der Waals surface area contributed by atoms with Gasteiger partial charge in [-0.25, -0.2) is 36.8 Å². The molecule has 322 valence electrons. The van der Waals surface area contributed by atoms with Gasteiger partial charge in [0.1, 0.15) is 27.1 Å². The predicted octanol–water partition coefficient (Wildman–Crippen LogP) is 2.05. The zero-order chi connectivity index (χ0) is 44.1. The van der Waals surface area contributed by atoms with E-state index in [1.54, 1.807) is 14.1 Å². The van der Waals surface area contributed by atoms with E-state index in [2.05, 4.69) is 35.3 Å². The summed E-state index contributed by atoms with van der Waals surface area (Å²) in [5.74, 6) is -3.47. The number of carbonyl (C=O) groups excluding carboxylic acids is 2. The van der Waals surface area contributed by atoms with Crippen molar-refractivity contribution in [1.29, 1.82) is 0 Å². The summed E-state index contributed by atoms with van der Waals surface area (Å²) in [4.78, 5) is 87.9. The Morgan fingerprint density at radius 1 is 1.10 bits per heavy atom. The number of fused-ring (bicyclic) bond motifs is 1. The van der Waals surface area contributed by atoms with Crippen LogP contribution in [0.4, 0.5) is 20.8 Å². The molecule has 3 aromatic heterocycles. The molecule has 1 aliphatic rings. The van der Waals surface area contributed by atoms with Crippen LogP contribution >= 0.6 is 53.6 Å². The van der Waals surface area contributed by atoms with Gasteiger partial charge in [-0.1, -0.05) is 11.6 Å². The molecule has 23 nitrogen and oxygen atoms in total. The predicted molar refractivity (Wildman–Crippen MR) is 209 cm³/mol. The van der Waals surface area contributed by atoms with Crippen LogP contribution in [0, 0.1) is 12.7 Å². The van der Waals surface area contributed by atoms with E-state index in [-0.39, 0.29) is 39.1 Å². The minimum atomic E-state index is -4.37. The van der Waals surface area contributed by atoms with Crippen molar-refractivity contribution in [3.63, 3.8) is 0 Å². The Hall–Kier alpha value is -4.80. The summed E-state index contributed by atoms with van der Waals surface area (Å²) in [6, 6.07) is 2.50. The second-order valence-electron chi connectivity index (χ2n) is 11.1. The quantitative estimate of drug-likeness (QED) is 0.0573. The van der Waals surface area contributed by atoms with Gasteiger partial charge in [0.2, 0.25) is 10.7 Å². The smallest absolute Gasteiger partial charge is 0.347 e. The molecule has 2 amide bonds. The Morgan fingerprint density at radius 3 is 2.39 bits per heavy atom. The molecular weight excluding hydrogens is 912 g/mol. The summed E-state index contributed by atoms with van der Waals surface area (Å²) in [7, 11) is -5.86. The zero-order valence-electron chi connectivity index (χ0n) is 30.6. The lowest BCUT2D eigenvalue weighted by Gasteiger charge is -2.15. The first-order chi connectivity index (χ1) is 27.6. The monoisotopic (exact) mass is 945 g/mol. The number of aryl methyl sites for hydroxylation is 1. The molecule has 7 N–H and O–H groups in total. The number of benzene rings is 1. The van der Waals surface area contributed by atoms with Gasteiger partial charge in [-0.3, -0.25) is 34.3 Å². The third kappa shape index (κ3) is 15.4. The number of esters is 1. The van der Waals surface area contributed by atoms with Crippen molar-refractivity contribution in [3.8, 4) is 6.01 Å². The van der Waals surface area contributed by atoms with Crippen molar-refractivity contribution >= 4 is 99.2 Å². The Kier molecular flexibility index (Phi) is 18.1. The molecule has 4 heterocycles. The number of halogens is 2. The fourth-order valence-electron chi connectivity index (χ4n) is 4.31. The molecule has 0 unspecified atom stereocenters. The molecule has 0 saturated carbocycles. The summed E-state index contributed by atoms with van der Waals surface area (Å²) in [5.41, 5.74) is 0.0829. The number of thioether (sulfide) groups is 1. The molecule has 0 atom stereocenters. The zero-order valence-corrected chi connectivity index (χ0v) is 35.6. The van der Waals surface area contributed by atoms with Crippen LogP contribution in [0.1, 0.15) is 28.3 Å². The summed E-state index contributed by atoms with van der Waals surface area (Å²) >= 11 is 8.89. The molecule has 1 aromatic carbocycles. The van der Waals surface area contributed by atoms with E-state index in [1.165, 1.54) is 32.6 Å². The lowest BCUT2D eigenvalue weighted by atomic mass is 10.3. The van der Waals surface area contributed by atoms with E-state index in [9.17, 15) is 41.3 Å². The number of carboxylic acid groups (broad SMARTS) is 2. The number of carbonyl (C=O) groups is 4. The van der Waals surface area contributed by atoms with Crippen LogP contribution < -0.4 is 29.8 Å². The van der Waals surface area contributed by atoms with Crippen LogP contribution in [0.3, 0.4) is 0 Å². The topological polar surface area (TPSA) is 333 Å². The maximum absolute atomic E-state index is 14.3. The minimum Gasteiger partial charge on any atom is -0.480 e. The number of nitrogens with zero attached hydrogens (tertiary/aromatic N) is 6. The summed E-state index contributed by atoms with van der Waals surface area (Å²) in [6.45, 7) is 2.41. The second kappa shape index (κ2) is 22.0.